The Balaban J connectivity index is 3.85. The van der Waals surface area contributed by atoms with Crippen LogP contribution in [0.5, 0.6) is 0 Å². The lowest BCUT2D eigenvalue weighted by molar-refractivity contribution is -0.167. The van der Waals surface area contributed by atoms with Crippen LogP contribution in [0.3, 0.4) is 0 Å². The van der Waals surface area contributed by atoms with Gasteiger partial charge in [-0.05, 0) is 51.4 Å². The average molecular weight is 1030 g/mol. The van der Waals surface area contributed by atoms with Crippen molar-refractivity contribution in [2.24, 2.45) is 0 Å². The third kappa shape index (κ3) is 60.6. The van der Waals surface area contributed by atoms with Gasteiger partial charge in [-0.25, -0.2) is 0 Å². The highest BCUT2D eigenvalue weighted by atomic mass is 16.6. The van der Waals surface area contributed by atoms with Crippen LogP contribution >= 0.6 is 0 Å². The molecule has 6 nitrogen and oxygen atoms in total. The molecular formula is C67H126O6. The molecule has 0 aliphatic rings. The maximum absolute atomic E-state index is 12.8. The molecule has 0 aliphatic heterocycles. The number of carbonyl (C=O) groups excluding carboxylic acids is 3. The average Bonchev–Trinajstić information content (AvgIpc) is 3.39. The first kappa shape index (κ1) is 70.9. The zero-order valence-corrected chi connectivity index (χ0v) is 49.4. The van der Waals surface area contributed by atoms with Crippen molar-refractivity contribution in [1.82, 2.24) is 0 Å². The van der Waals surface area contributed by atoms with Crippen molar-refractivity contribution >= 4 is 17.9 Å². The van der Waals surface area contributed by atoms with Gasteiger partial charge in [0.15, 0.2) is 6.10 Å². The van der Waals surface area contributed by atoms with Crippen LogP contribution < -0.4 is 0 Å². The summed E-state index contributed by atoms with van der Waals surface area (Å²) in [6.07, 6.45) is 75.6. The smallest absolute Gasteiger partial charge is 0.306 e. The maximum atomic E-state index is 12.8. The van der Waals surface area contributed by atoms with E-state index in [2.05, 4.69) is 45.1 Å². The summed E-state index contributed by atoms with van der Waals surface area (Å²) in [4.78, 5) is 37.8. The SMILES string of the molecule is CCCCCC/C=C\C/C=C\CCCCCCCC(=O)OC(COC(=O)CCCCCCC)COC(=O)CCCCCCCCCCCCCCCCCCCCCCCCCCCCCCCCCCCC. The third-order valence-electron chi connectivity index (χ3n) is 15.0. The van der Waals surface area contributed by atoms with E-state index in [0.717, 1.165) is 83.5 Å². The standard InChI is InChI=1S/C67H126O6/c1-4-7-10-13-15-17-19-21-23-25-26-27-28-29-30-31-32-33-34-35-36-37-38-39-40-41-42-44-45-47-49-51-54-57-60-66(69)72-63-64(62-71-65(68)59-56-53-12-9-6-3)73-67(70)61-58-55-52-50-48-46-43-24-22-20-18-16-14-11-8-5-2/h18,20,24,43,64H,4-17,19,21-23,25-42,44-63H2,1-3H3/b20-18-,43-24-. The Hall–Kier alpha value is -2.11. The first-order chi connectivity index (χ1) is 36.0. The number of allylic oxidation sites excluding steroid dienone is 4. The minimum absolute atomic E-state index is 0.0731. The van der Waals surface area contributed by atoms with Crippen molar-refractivity contribution in [2.75, 3.05) is 13.2 Å². The molecule has 6 heteroatoms. The molecule has 0 saturated carbocycles. The predicted molar refractivity (Wildman–Crippen MR) is 316 cm³/mol. The van der Waals surface area contributed by atoms with Crippen molar-refractivity contribution in [2.45, 2.75) is 374 Å². The van der Waals surface area contributed by atoms with E-state index in [4.69, 9.17) is 14.2 Å². The highest BCUT2D eigenvalue weighted by molar-refractivity contribution is 5.71. The van der Waals surface area contributed by atoms with Gasteiger partial charge in [0.2, 0.25) is 0 Å². The Kier molecular flexibility index (Phi) is 60.6. The summed E-state index contributed by atoms with van der Waals surface area (Å²) in [7, 11) is 0. The number of rotatable bonds is 61. The van der Waals surface area contributed by atoms with Gasteiger partial charge in [-0.2, -0.15) is 0 Å². The highest BCUT2D eigenvalue weighted by Gasteiger charge is 2.19. The Morgan fingerprint density at radius 1 is 0.274 bits per heavy atom. The summed E-state index contributed by atoms with van der Waals surface area (Å²) >= 11 is 0. The van der Waals surface area contributed by atoms with Gasteiger partial charge in [-0.3, -0.25) is 14.4 Å². The fraction of sp³-hybridized carbons (Fsp3) is 0.896. The van der Waals surface area contributed by atoms with E-state index in [1.54, 1.807) is 0 Å². The topological polar surface area (TPSA) is 78.9 Å². The summed E-state index contributed by atoms with van der Waals surface area (Å²) in [5.74, 6) is -0.882. The molecule has 0 bridgehead atoms. The van der Waals surface area contributed by atoms with Crippen LogP contribution in [0, 0.1) is 0 Å². The zero-order chi connectivity index (χ0) is 52.9. The molecule has 0 fully saturated rings. The molecule has 0 rings (SSSR count). The molecular weight excluding hydrogens is 901 g/mol. The van der Waals surface area contributed by atoms with E-state index in [1.807, 2.05) is 0 Å². The molecule has 0 saturated heterocycles. The monoisotopic (exact) mass is 1030 g/mol. The summed E-state index contributed by atoms with van der Waals surface area (Å²) < 4.78 is 16.7. The molecule has 73 heavy (non-hydrogen) atoms. The van der Waals surface area contributed by atoms with E-state index in [-0.39, 0.29) is 31.1 Å². The van der Waals surface area contributed by atoms with Crippen molar-refractivity contribution in [1.29, 1.82) is 0 Å². The Morgan fingerprint density at radius 3 is 0.767 bits per heavy atom. The number of ether oxygens (including phenoxy) is 3. The first-order valence-electron chi connectivity index (χ1n) is 32.8. The molecule has 430 valence electrons. The van der Waals surface area contributed by atoms with Gasteiger partial charge < -0.3 is 14.2 Å². The van der Waals surface area contributed by atoms with Gasteiger partial charge >= 0.3 is 17.9 Å². The molecule has 0 aromatic carbocycles. The maximum Gasteiger partial charge on any atom is 0.306 e. The van der Waals surface area contributed by atoms with E-state index in [1.165, 1.54) is 244 Å². The number of unbranched alkanes of at least 4 members (excludes halogenated alkanes) is 46. The van der Waals surface area contributed by atoms with Gasteiger partial charge in [0.05, 0.1) is 0 Å². The lowest BCUT2D eigenvalue weighted by atomic mass is 10.0. The van der Waals surface area contributed by atoms with Gasteiger partial charge in [-0.15, -0.1) is 0 Å². The lowest BCUT2D eigenvalue weighted by Crippen LogP contribution is -2.30. The zero-order valence-electron chi connectivity index (χ0n) is 49.4. The second-order valence-corrected chi connectivity index (χ2v) is 22.4. The van der Waals surface area contributed by atoms with Gasteiger partial charge in [-0.1, -0.05) is 321 Å². The summed E-state index contributed by atoms with van der Waals surface area (Å²) in [5, 5.41) is 0. The fourth-order valence-electron chi connectivity index (χ4n) is 10.0. The van der Waals surface area contributed by atoms with Crippen LogP contribution in [0.25, 0.3) is 0 Å². The van der Waals surface area contributed by atoms with Crippen LogP contribution in [0.2, 0.25) is 0 Å². The van der Waals surface area contributed by atoms with Gasteiger partial charge in [0.1, 0.15) is 13.2 Å². The Labute approximate surface area is 455 Å². The number of carbonyl (C=O) groups is 3. The molecule has 0 aromatic heterocycles. The lowest BCUT2D eigenvalue weighted by Gasteiger charge is -2.18. The van der Waals surface area contributed by atoms with Crippen LogP contribution in [0.1, 0.15) is 367 Å². The van der Waals surface area contributed by atoms with Crippen LogP contribution in [-0.4, -0.2) is 37.2 Å². The Bertz CT molecular complexity index is 1180. The van der Waals surface area contributed by atoms with Crippen LogP contribution in [-0.2, 0) is 28.6 Å². The summed E-state index contributed by atoms with van der Waals surface area (Å²) in [6.45, 7) is 6.58. The van der Waals surface area contributed by atoms with Crippen LogP contribution in [0.4, 0.5) is 0 Å². The summed E-state index contributed by atoms with van der Waals surface area (Å²) in [5.41, 5.74) is 0. The minimum Gasteiger partial charge on any atom is -0.462 e. The second-order valence-electron chi connectivity index (χ2n) is 22.4. The second kappa shape index (κ2) is 62.4. The minimum atomic E-state index is -0.772. The molecule has 0 aliphatic carbocycles. The summed E-state index contributed by atoms with van der Waals surface area (Å²) in [6, 6.07) is 0. The molecule has 1 unspecified atom stereocenters. The molecule has 0 radical (unpaired) electrons. The predicted octanol–water partition coefficient (Wildman–Crippen LogP) is 22.2. The number of hydrogen-bond acceptors (Lipinski definition) is 6. The van der Waals surface area contributed by atoms with E-state index < -0.39 is 6.10 Å². The van der Waals surface area contributed by atoms with E-state index in [0.29, 0.717) is 19.3 Å². The molecule has 0 aromatic rings. The molecule has 0 heterocycles. The van der Waals surface area contributed by atoms with Crippen LogP contribution in [0.15, 0.2) is 24.3 Å². The Morgan fingerprint density at radius 2 is 0.493 bits per heavy atom. The van der Waals surface area contributed by atoms with Crippen molar-refractivity contribution in [3.63, 3.8) is 0 Å². The van der Waals surface area contributed by atoms with Crippen molar-refractivity contribution in [3.8, 4) is 0 Å². The van der Waals surface area contributed by atoms with E-state index >= 15 is 0 Å². The number of esters is 3. The van der Waals surface area contributed by atoms with Gasteiger partial charge in [0.25, 0.3) is 0 Å². The molecule has 1 atom stereocenters. The number of hydrogen-bond donors (Lipinski definition) is 0. The normalized spacial score (nSPS) is 12.1. The molecule has 0 amide bonds. The largest absolute Gasteiger partial charge is 0.462 e. The van der Waals surface area contributed by atoms with Crippen molar-refractivity contribution < 1.29 is 28.6 Å². The molecule has 0 spiro atoms. The fourth-order valence-corrected chi connectivity index (χ4v) is 10.0. The third-order valence-corrected chi connectivity index (χ3v) is 15.0. The van der Waals surface area contributed by atoms with Crippen molar-refractivity contribution in [3.05, 3.63) is 24.3 Å². The quantitative estimate of drug-likeness (QED) is 0.0261. The first-order valence-corrected chi connectivity index (χ1v) is 32.8. The van der Waals surface area contributed by atoms with Gasteiger partial charge in [0, 0.05) is 19.3 Å². The van der Waals surface area contributed by atoms with E-state index in [9.17, 15) is 14.4 Å². The highest BCUT2D eigenvalue weighted by Crippen LogP contribution is 2.18. The molecule has 0 N–H and O–H groups in total.